The first kappa shape index (κ1) is 22.2. The molecule has 2 N–H and O–H groups in total. The van der Waals surface area contributed by atoms with Crippen LogP contribution in [0.4, 0.5) is 5.69 Å². The number of pyridine rings is 1. The van der Waals surface area contributed by atoms with Gasteiger partial charge in [-0.15, -0.1) is 24.8 Å². The Kier molecular flexibility index (Phi) is 8.85. The van der Waals surface area contributed by atoms with Gasteiger partial charge in [-0.1, -0.05) is 6.07 Å². The summed E-state index contributed by atoms with van der Waals surface area (Å²) in [7, 11) is 0. The van der Waals surface area contributed by atoms with E-state index >= 15 is 0 Å². The lowest BCUT2D eigenvalue weighted by Gasteiger charge is -2.11. The molecule has 1 aromatic carbocycles. The van der Waals surface area contributed by atoms with E-state index in [-0.39, 0.29) is 30.7 Å². The molecule has 0 spiro atoms. The molecular weight excluding hydrogens is 373 g/mol. The summed E-state index contributed by atoms with van der Waals surface area (Å²) in [6, 6.07) is 9.80. The van der Waals surface area contributed by atoms with Gasteiger partial charge in [-0.25, -0.2) is 4.98 Å². The zero-order chi connectivity index (χ0) is 16.9. The molecule has 5 nitrogen and oxygen atoms in total. The summed E-state index contributed by atoms with van der Waals surface area (Å²) in [5, 5.41) is 6.20. The Hall–Kier alpha value is -1.82. The van der Waals surface area contributed by atoms with Crippen molar-refractivity contribution in [2.24, 2.45) is 0 Å². The van der Waals surface area contributed by atoms with E-state index in [0.29, 0.717) is 24.0 Å². The van der Waals surface area contributed by atoms with E-state index in [0.717, 1.165) is 25.1 Å². The highest BCUT2D eigenvalue weighted by Gasteiger charge is 2.17. The van der Waals surface area contributed by atoms with Crippen LogP contribution in [0, 0.1) is 13.8 Å². The Morgan fingerprint density at radius 2 is 2.04 bits per heavy atom. The number of hydrogen-bond acceptors (Lipinski definition) is 4. The molecule has 26 heavy (non-hydrogen) atoms. The van der Waals surface area contributed by atoms with Gasteiger partial charge >= 0.3 is 0 Å². The average molecular weight is 398 g/mol. The van der Waals surface area contributed by atoms with E-state index in [2.05, 4.69) is 22.5 Å². The lowest BCUT2D eigenvalue weighted by Crippen LogP contribution is -2.27. The fourth-order valence-corrected chi connectivity index (χ4v) is 2.78. The van der Waals surface area contributed by atoms with Crippen LogP contribution in [-0.4, -0.2) is 23.5 Å². The summed E-state index contributed by atoms with van der Waals surface area (Å²) in [6.45, 7) is 5.12. The van der Waals surface area contributed by atoms with Crippen LogP contribution in [0.1, 0.15) is 30.4 Å². The van der Waals surface area contributed by atoms with Gasteiger partial charge in [0.05, 0.1) is 11.9 Å². The molecule has 1 aliphatic heterocycles. The molecule has 1 fully saturated rings. The van der Waals surface area contributed by atoms with Crippen molar-refractivity contribution >= 4 is 36.4 Å². The maximum absolute atomic E-state index is 12.0. The number of benzene rings is 1. The van der Waals surface area contributed by atoms with Crippen molar-refractivity contribution in [2.45, 2.75) is 39.2 Å². The van der Waals surface area contributed by atoms with Crippen molar-refractivity contribution in [1.29, 1.82) is 0 Å². The minimum Gasteiger partial charge on any atom is -0.439 e. The molecule has 0 aliphatic carbocycles. The minimum absolute atomic E-state index is 0. The van der Waals surface area contributed by atoms with Crippen molar-refractivity contribution in [3.63, 3.8) is 0 Å². The molecule has 1 atom stereocenters. The lowest BCUT2D eigenvalue weighted by atomic mass is 10.1. The van der Waals surface area contributed by atoms with Crippen molar-refractivity contribution in [2.75, 3.05) is 11.9 Å². The Bertz CT molecular complexity index is 717. The molecule has 2 aromatic rings. The molecule has 3 rings (SSSR count). The van der Waals surface area contributed by atoms with Crippen molar-refractivity contribution in [3.8, 4) is 11.6 Å². The maximum atomic E-state index is 12.0. The van der Waals surface area contributed by atoms with Gasteiger partial charge in [0.15, 0.2) is 0 Å². The molecular formula is C19H25Cl2N3O2. The Labute approximate surface area is 166 Å². The smallest absolute Gasteiger partial charge is 0.225 e. The van der Waals surface area contributed by atoms with Gasteiger partial charge < -0.3 is 15.4 Å². The molecule has 1 amide bonds. The summed E-state index contributed by atoms with van der Waals surface area (Å²) in [5.74, 6) is 1.28. The van der Waals surface area contributed by atoms with Crippen LogP contribution < -0.4 is 15.4 Å². The van der Waals surface area contributed by atoms with Crippen LogP contribution in [0.2, 0.25) is 0 Å². The van der Waals surface area contributed by atoms with Crippen molar-refractivity contribution in [1.82, 2.24) is 10.3 Å². The number of halogens is 2. The number of nitrogens with zero attached hydrogens (tertiary/aromatic N) is 1. The number of ether oxygens (including phenoxy) is 1. The molecule has 0 radical (unpaired) electrons. The van der Waals surface area contributed by atoms with Crippen LogP contribution in [0.25, 0.3) is 0 Å². The van der Waals surface area contributed by atoms with Gasteiger partial charge in [-0.2, -0.15) is 0 Å². The van der Waals surface area contributed by atoms with Crippen LogP contribution in [0.3, 0.4) is 0 Å². The van der Waals surface area contributed by atoms with Gasteiger partial charge in [0.1, 0.15) is 5.75 Å². The normalized spacial score (nSPS) is 15.5. The van der Waals surface area contributed by atoms with Crippen LogP contribution in [-0.2, 0) is 4.79 Å². The highest BCUT2D eigenvalue weighted by Crippen LogP contribution is 2.23. The molecule has 1 aliphatic rings. The van der Waals surface area contributed by atoms with Crippen molar-refractivity contribution < 1.29 is 9.53 Å². The number of aryl methyl sites for hydroxylation is 2. The van der Waals surface area contributed by atoms with Gasteiger partial charge in [-0.05, 0) is 62.6 Å². The highest BCUT2D eigenvalue weighted by molar-refractivity contribution is 5.91. The third-order valence-electron chi connectivity index (χ3n) is 4.32. The standard InChI is InChI=1S/C19H23N3O2.2ClH/c1-13-5-7-17(10-14(13)2)24-19-8-6-16(12-21-19)22-18(23)11-15-4-3-9-20-15;;/h5-8,10,12,15,20H,3-4,9,11H2,1-2H3,(H,22,23);2*1H. The van der Waals surface area contributed by atoms with Crippen LogP contribution in [0.5, 0.6) is 11.6 Å². The largest absolute Gasteiger partial charge is 0.439 e. The molecule has 1 unspecified atom stereocenters. The van der Waals surface area contributed by atoms with Crippen LogP contribution in [0.15, 0.2) is 36.5 Å². The number of nitrogens with one attached hydrogen (secondary N) is 2. The first-order valence-corrected chi connectivity index (χ1v) is 8.34. The Morgan fingerprint density at radius 3 is 2.65 bits per heavy atom. The Morgan fingerprint density at radius 1 is 1.23 bits per heavy atom. The zero-order valence-electron chi connectivity index (χ0n) is 15.0. The number of hydrogen-bond donors (Lipinski definition) is 2. The van der Waals surface area contributed by atoms with Gasteiger partial charge in [0.2, 0.25) is 11.8 Å². The topological polar surface area (TPSA) is 63.2 Å². The van der Waals surface area contributed by atoms with Gasteiger partial charge in [-0.3, -0.25) is 4.79 Å². The molecule has 0 saturated carbocycles. The number of aromatic nitrogens is 1. The summed E-state index contributed by atoms with van der Waals surface area (Å²) in [5.41, 5.74) is 3.09. The predicted molar refractivity (Wildman–Crippen MR) is 109 cm³/mol. The van der Waals surface area contributed by atoms with Gasteiger partial charge in [0.25, 0.3) is 0 Å². The second kappa shape index (κ2) is 10.4. The number of carbonyl (C=O) groups excluding carboxylic acids is 1. The minimum atomic E-state index is 0. The van der Waals surface area contributed by atoms with E-state index in [1.165, 1.54) is 11.1 Å². The zero-order valence-corrected chi connectivity index (χ0v) is 16.6. The summed E-state index contributed by atoms with van der Waals surface area (Å²) >= 11 is 0. The summed E-state index contributed by atoms with van der Waals surface area (Å²) in [4.78, 5) is 16.3. The predicted octanol–water partition coefficient (Wildman–Crippen LogP) is 4.41. The van der Waals surface area contributed by atoms with E-state index in [1.807, 2.05) is 31.2 Å². The molecule has 142 valence electrons. The molecule has 2 heterocycles. The molecule has 0 bridgehead atoms. The third-order valence-corrected chi connectivity index (χ3v) is 4.32. The second-order valence-corrected chi connectivity index (χ2v) is 6.28. The first-order valence-electron chi connectivity index (χ1n) is 8.34. The number of carbonyl (C=O) groups is 1. The third kappa shape index (κ3) is 6.16. The Balaban J connectivity index is 0.00000169. The summed E-state index contributed by atoms with van der Waals surface area (Å²) < 4.78 is 5.75. The average Bonchev–Trinajstić information content (AvgIpc) is 3.06. The van der Waals surface area contributed by atoms with E-state index in [4.69, 9.17) is 4.74 Å². The number of rotatable bonds is 5. The fraction of sp³-hybridized carbons (Fsp3) is 0.368. The van der Waals surface area contributed by atoms with Gasteiger partial charge in [0, 0.05) is 18.5 Å². The highest BCUT2D eigenvalue weighted by atomic mass is 35.5. The van der Waals surface area contributed by atoms with E-state index < -0.39 is 0 Å². The second-order valence-electron chi connectivity index (χ2n) is 6.28. The maximum Gasteiger partial charge on any atom is 0.225 e. The van der Waals surface area contributed by atoms with E-state index in [9.17, 15) is 4.79 Å². The quantitative estimate of drug-likeness (QED) is 0.783. The lowest BCUT2D eigenvalue weighted by molar-refractivity contribution is -0.116. The van der Waals surface area contributed by atoms with Crippen LogP contribution >= 0.6 is 24.8 Å². The SMILES string of the molecule is Cc1ccc(Oc2ccc(NC(=O)CC3CCCN3)cn2)cc1C.Cl.Cl. The number of amides is 1. The fourth-order valence-electron chi connectivity index (χ4n) is 2.78. The molecule has 1 aromatic heterocycles. The molecule has 1 saturated heterocycles. The van der Waals surface area contributed by atoms with Crippen molar-refractivity contribution in [3.05, 3.63) is 47.7 Å². The number of anilines is 1. The van der Waals surface area contributed by atoms with E-state index in [1.54, 1.807) is 12.3 Å². The monoisotopic (exact) mass is 397 g/mol. The molecule has 7 heteroatoms. The first-order chi connectivity index (χ1) is 11.6. The summed E-state index contributed by atoms with van der Waals surface area (Å²) in [6.07, 6.45) is 4.33.